The third-order valence-corrected chi connectivity index (χ3v) is 0.766. The summed E-state index contributed by atoms with van der Waals surface area (Å²) >= 11 is 0. The first-order chi connectivity index (χ1) is 4.33. The van der Waals surface area contributed by atoms with Gasteiger partial charge in [-0.25, -0.2) is 0 Å². The Kier molecular flexibility index (Phi) is 1.48. The van der Waals surface area contributed by atoms with Crippen molar-refractivity contribution in [1.29, 1.82) is 0 Å². The number of hydrogen-bond acceptors (Lipinski definition) is 4. The first-order valence-corrected chi connectivity index (χ1v) is 2.54. The molecule has 0 spiro atoms. The highest BCUT2D eigenvalue weighted by molar-refractivity contribution is 5.36. The predicted octanol–water partition coefficient (Wildman–Crippen LogP) is 0.685. The van der Waals surface area contributed by atoms with E-state index in [9.17, 15) is 0 Å². The highest BCUT2D eigenvalue weighted by Crippen LogP contribution is 2.00. The third-order valence-electron chi connectivity index (χ3n) is 0.766. The van der Waals surface area contributed by atoms with Crippen LogP contribution in [0.2, 0.25) is 0 Å². The van der Waals surface area contributed by atoms with Crippen LogP contribution in [-0.2, 0) is 0 Å². The van der Waals surface area contributed by atoms with Crippen LogP contribution in [0.4, 0.5) is 6.01 Å². The summed E-state index contributed by atoms with van der Waals surface area (Å²) in [7, 11) is 0. The smallest absolute Gasteiger partial charge is 0.313 e. The number of hydrogen-bond donors (Lipinski definition) is 1. The lowest BCUT2D eigenvalue weighted by molar-refractivity contribution is 0.563. The van der Waals surface area contributed by atoms with E-state index in [0.717, 1.165) is 0 Å². The van der Waals surface area contributed by atoms with E-state index in [1.54, 1.807) is 12.2 Å². The zero-order valence-electron chi connectivity index (χ0n) is 5.03. The summed E-state index contributed by atoms with van der Waals surface area (Å²) in [6, 6.07) is 0.100. The van der Waals surface area contributed by atoms with E-state index in [2.05, 4.69) is 10.2 Å². The van der Waals surface area contributed by atoms with Crippen LogP contribution < -0.4 is 5.73 Å². The summed E-state index contributed by atoms with van der Waals surface area (Å²) in [6.07, 6.45) is 3.48. The fourth-order valence-electron chi connectivity index (χ4n) is 0.456. The lowest BCUT2D eigenvalue weighted by Crippen LogP contribution is -1.81. The fraction of sp³-hybridized carbons (Fsp3) is 0.200. The lowest BCUT2D eigenvalue weighted by atomic mass is 10.5. The molecule has 0 fully saturated rings. The summed E-state index contributed by atoms with van der Waals surface area (Å²) in [6.45, 7) is 1.86. The van der Waals surface area contributed by atoms with Gasteiger partial charge < -0.3 is 10.2 Å². The summed E-state index contributed by atoms with van der Waals surface area (Å²) in [5, 5.41) is 7.02. The number of rotatable bonds is 1. The molecule has 0 aromatic carbocycles. The van der Waals surface area contributed by atoms with Gasteiger partial charge in [-0.05, 0) is 13.0 Å². The maximum Gasteiger partial charge on any atom is 0.313 e. The van der Waals surface area contributed by atoms with E-state index in [1.165, 1.54) is 0 Å². The van der Waals surface area contributed by atoms with Crippen LogP contribution in [-0.4, -0.2) is 10.2 Å². The second-order valence-electron chi connectivity index (χ2n) is 1.48. The minimum atomic E-state index is 0.100. The third kappa shape index (κ3) is 1.28. The SMILES string of the molecule is C/C=C/c1nnc(N)o1. The molecule has 0 radical (unpaired) electrons. The Morgan fingerprint density at radius 3 is 2.78 bits per heavy atom. The van der Waals surface area contributed by atoms with Gasteiger partial charge in [-0.1, -0.05) is 11.2 Å². The topological polar surface area (TPSA) is 64.9 Å². The normalized spacial score (nSPS) is 10.8. The Morgan fingerprint density at radius 2 is 2.33 bits per heavy atom. The van der Waals surface area contributed by atoms with Crippen LogP contribution in [0.15, 0.2) is 10.5 Å². The molecule has 0 aliphatic heterocycles. The standard InChI is InChI=1S/C5H7N3O/c1-2-3-4-7-8-5(6)9-4/h2-3H,1H3,(H2,6,8)/b3-2+. The molecule has 0 saturated carbocycles. The number of nitrogens with zero attached hydrogens (tertiary/aromatic N) is 2. The summed E-state index contributed by atoms with van der Waals surface area (Å²) in [4.78, 5) is 0. The molecule has 1 aromatic heterocycles. The number of allylic oxidation sites excluding steroid dienone is 1. The monoisotopic (exact) mass is 125 g/mol. The van der Waals surface area contributed by atoms with Crippen molar-refractivity contribution in [3.8, 4) is 0 Å². The zero-order valence-corrected chi connectivity index (χ0v) is 5.03. The van der Waals surface area contributed by atoms with Crippen LogP contribution in [0, 0.1) is 0 Å². The number of nitrogens with two attached hydrogens (primary N) is 1. The maximum absolute atomic E-state index is 5.13. The minimum absolute atomic E-state index is 0.100. The van der Waals surface area contributed by atoms with Crippen molar-refractivity contribution in [2.75, 3.05) is 5.73 Å². The molecule has 9 heavy (non-hydrogen) atoms. The summed E-state index contributed by atoms with van der Waals surface area (Å²) in [5.74, 6) is 0.440. The van der Waals surface area contributed by atoms with Crippen LogP contribution in [0.1, 0.15) is 12.8 Å². The second kappa shape index (κ2) is 2.30. The predicted molar refractivity (Wildman–Crippen MR) is 33.4 cm³/mol. The van der Waals surface area contributed by atoms with Crippen molar-refractivity contribution in [3.63, 3.8) is 0 Å². The van der Waals surface area contributed by atoms with Crippen molar-refractivity contribution in [2.24, 2.45) is 0 Å². The molecule has 1 rings (SSSR count). The molecule has 2 N–H and O–H groups in total. The van der Waals surface area contributed by atoms with Gasteiger partial charge in [0.1, 0.15) is 0 Å². The van der Waals surface area contributed by atoms with Crippen LogP contribution >= 0.6 is 0 Å². The largest absolute Gasteiger partial charge is 0.404 e. The molecule has 0 bridgehead atoms. The van der Waals surface area contributed by atoms with E-state index in [-0.39, 0.29) is 6.01 Å². The molecular formula is C5H7N3O. The summed E-state index contributed by atoms with van der Waals surface area (Å²) in [5.41, 5.74) is 5.13. The van der Waals surface area contributed by atoms with Crippen LogP contribution in [0.25, 0.3) is 6.08 Å². The zero-order chi connectivity index (χ0) is 6.69. The molecule has 0 amide bonds. The van der Waals surface area contributed by atoms with Crippen LogP contribution in [0.5, 0.6) is 0 Å². The average molecular weight is 125 g/mol. The first kappa shape index (κ1) is 5.81. The Morgan fingerprint density at radius 1 is 1.56 bits per heavy atom. The molecule has 0 aliphatic rings. The highest BCUT2D eigenvalue weighted by atomic mass is 16.4. The molecular weight excluding hydrogens is 118 g/mol. The van der Waals surface area contributed by atoms with Gasteiger partial charge in [-0.15, -0.1) is 5.10 Å². The molecule has 4 nitrogen and oxygen atoms in total. The maximum atomic E-state index is 5.13. The van der Waals surface area contributed by atoms with E-state index in [1.807, 2.05) is 6.92 Å². The molecule has 0 unspecified atom stereocenters. The Bertz CT molecular complexity index is 216. The lowest BCUT2D eigenvalue weighted by Gasteiger charge is -1.75. The van der Waals surface area contributed by atoms with E-state index in [4.69, 9.17) is 10.2 Å². The van der Waals surface area contributed by atoms with Gasteiger partial charge >= 0.3 is 6.01 Å². The molecule has 1 heterocycles. The number of anilines is 1. The Labute approximate surface area is 52.4 Å². The molecule has 1 aromatic rings. The van der Waals surface area contributed by atoms with Gasteiger partial charge in [0.25, 0.3) is 0 Å². The molecule has 4 heteroatoms. The van der Waals surface area contributed by atoms with Crippen molar-refractivity contribution in [3.05, 3.63) is 12.0 Å². The van der Waals surface area contributed by atoms with Crippen LogP contribution in [0.3, 0.4) is 0 Å². The minimum Gasteiger partial charge on any atom is -0.404 e. The van der Waals surface area contributed by atoms with Gasteiger partial charge in [0.2, 0.25) is 5.89 Å². The average Bonchev–Trinajstić information content (AvgIpc) is 2.17. The molecule has 0 saturated heterocycles. The van der Waals surface area contributed by atoms with Crippen molar-refractivity contribution >= 4 is 12.1 Å². The number of aromatic nitrogens is 2. The fourth-order valence-corrected chi connectivity index (χ4v) is 0.456. The van der Waals surface area contributed by atoms with Crippen molar-refractivity contribution in [1.82, 2.24) is 10.2 Å². The van der Waals surface area contributed by atoms with Gasteiger partial charge in [-0.2, -0.15) is 0 Å². The Balaban J connectivity index is 2.85. The van der Waals surface area contributed by atoms with Crippen molar-refractivity contribution in [2.45, 2.75) is 6.92 Å². The Hall–Kier alpha value is -1.32. The van der Waals surface area contributed by atoms with Gasteiger partial charge in [0.05, 0.1) is 0 Å². The molecule has 48 valence electrons. The molecule has 0 aliphatic carbocycles. The van der Waals surface area contributed by atoms with Crippen molar-refractivity contribution < 1.29 is 4.42 Å². The van der Waals surface area contributed by atoms with Gasteiger partial charge in [0.15, 0.2) is 0 Å². The van der Waals surface area contributed by atoms with E-state index >= 15 is 0 Å². The summed E-state index contributed by atoms with van der Waals surface area (Å²) < 4.78 is 4.79. The van der Waals surface area contributed by atoms with E-state index < -0.39 is 0 Å². The number of nitrogen functional groups attached to an aromatic ring is 1. The van der Waals surface area contributed by atoms with E-state index in [0.29, 0.717) is 5.89 Å². The van der Waals surface area contributed by atoms with Gasteiger partial charge in [-0.3, -0.25) is 0 Å². The second-order valence-corrected chi connectivity index (χ2v) is 1.48. The molecule has 0 atom stereocenters. The highest BCUT2D eigenvalue weighted by Gasteiger charge is 1.94. The quantitative estimate of drug-likeness (QED) is 0.599. The first-order valence-electron chi connectivity index (χ1n) is 2.54. The van der Waals surface area contributed by atoms with Gasteiger partial charge in [0, 0.05) is 0 Å².